The van der Waals surface area contributed by atoms with Crippen molar-refractivity contribution >= 4 is 0 Å². The van der Waals surface area contributed by atoms with Crippen molar-refractivity contribution < 1.29 is 5.11 Å². The highest BCUT2D eigenvalue weighted by molar-refractivity contribution is 5.33. The predicted octanol–water partition coefficient (Wildman–Crippen LogP) is 4.16. The maximum Gasteiger partial charge on any atom is 0.115 e. The monoisotopic (exact) mass is 344 g/mol. The van der Waals surface area contributed by atoms with E-state index in [4.69, 9.17) is 0 Å². The molecule has 0 unspecified atom stereocenters. The number of phenolic OH excluding ortho intramolecular Hbond substituents is 1. The molecule has 1 aliphatic carbocycles. The largest absolute Gasteiger partial charge is 0.508 e. The molecule has 1 saturated carbocycles. The zero-order valence-corrected chi connectivity index (χ0v) is 16.1. The third-order valence-corrected chi connectivity index (χ3v) is 6.84. The molecule has 0 amide bonds. The Bertz CT molecular complexity index is 541. The van der Waals surface area contributed by atoms with Crippen LogP contribution in [0.25, 0.3) is 0 Å². The van der Waals surface area contributed by atoms with E-state index >= 15 is 0 Å². The molecule has 140 valence electrons. The van der Waals surface area contributed by atoms with Gasteiger partial charge in [-0.05, 0) is 67.3 Å². The minimum absolute atomic E-state index is 0.171. The second kappa shape index (κ2) is 8.55. The molecular weight excluding hydrogens is 308 g/mol. The molecule has 3 rings (SSSR count). The van der Waals surface area contributed by atoms with E-state index in [2.05, 4.69) is 30.1 Å². The third-order valence-electron chi connectivity index (χ3n) is 6.84. The second-order valence-corrected chi connectivity index (χ2v) is 8.63. The van der Waals surface area contributed by atoms with Crippen LogP contribution in [0.1, 0.15) is 57.9 Å². The van der Waals surface area contributed by atoms with Gasteiger partial charge in [-0.2, -0.15) is 0 Å². The molecule has 1 heterocycles. The number of rotatable bonds is 6. The van der Waals surface area contributed by atoms with Gasteiger partial charge in [0, 0.05) is 19.6 Å². The maximum atomic E-state index is 9.83. The minimum Gasteiger partial charge on any atom is -0.508 e. The van der Waals surface area contributed by atoms with Crippen LogP contribution in [0.2, 0.25) is 0 Å². The lowest BCUT2D eigenvalue weighted by atomic mass is 9.68. The average Bonchev–Trinajstić information content (AvgIpc) is 2.63. The standard InChI is InChI=1S/C22H36N2O/c1-18-17-24(14-12-23-16-19-7-4-3-5-8-19)13-11-22(18,2)20-9-6-10-21(25)15-20/h6,9-10,15,18-19,23,25H,3-5,7-8,11-14,16-17H2,1-2H3/t18-,22-/m0/s1. The number of nitrogens with zero attached hydrogens (tertiary/aromatic N) is 1. The number of benzene rings is 1. The first-order valence-corrected chi connectivity index (χ1v) is 10.3. The average molecular weight is 345 g/mol. The van der Waals surface area contributed by atoms with E-state index in [1.54, 1.807) is 6.07 Å². The van der Waals surface area contributed by atoms with E-state index in [-0.39, 0.29) is 5.41 Å². The number of hydrogen-bond donors (Lipinski definition) is 2. The number of likely N-dealkylation sites (tertiary alicyclic amines) is 1. The molecule has 2 fully saturated rings. The predicted molar refractivity (Wildman–Crippen MR) is 105 cm³/mol. The molecular formula is C22H36N2O. The Labute approximate surface area is 153 Å². The lowest BCUT2D eigenvalue weighted by Gasteiger charge is -2.45. The van der Waals surface area contributed by atoms with Crippen LogP contribution in [0.3, 0.4) is 0 Å². The Morgan fingerprint density at radius 3 is 2.76 bits per heavy atom. The highest BCUT2D eigenvalue weighted by Crippen LogP contribution is 2.40. The Balaban J connectivity index is 1.43. The minimum atomic E-state index is 0.171. The van der Waals surface area contributed by atoms with Gasteiger partial charge in [0.25, 0.3) is 0 Å². The van der Waals surface area contributed by atoms with Crippen LogP contribution in [0.5, 0.6) is 5.75 Å². The van der Waals surface area contributed by atoms with Gasteiger partial charge in [0.05, 0.1) is 0 Å². The van der Waals surface area contributed by atoms with Crippen LogP contribution >= 0.6 is 0 Å². The lowest BCUT2D eigenvalue weighted by molar-refractivity contribution is 0.111. The van der Waals surface area contributed by atoms with Crippen LogP contribution in [-0.2, 0) is 5.41 Å². The molecule has 1 aromatic rings. The number of hydrogen-bond acceptors (Lipinski definition) is 3. The normalized spacial score (nSPS) is 29.0. The van der Waals surface area contributed by atoms with Gasteiger partial charge in [-0.25, -0.2) is 0 Å². The fourth-order valence-electron chi connectivity index (χ4n) is 4.74. The van der Waals surface area contributed by atoms with Crippen LogP contribution in [0.15, 0.2) is 24.3 Å². The molecule has 2 N–H and O–H groups in total. The Morgan fingerprint density at radius 1 is 1.24 bits per heavy atom. The molecule has 1 aliphatic heterocycles. The summed E-state index contributed by atoms with van der Waals surface area (Å²) in [6.07, 6.45) is 8.33. The SMILES string of the molecule is C[C@H]1CN(CCNCC2CCCCC2)CC[C@]1(C)c1cccc(O)c1. The van der Waals surface area contributed by atoms with Crippen LogP contribution in [-0.4, -0.2) is 42.7 Å². The van der Waals surface area contributed by atoms with E-state index in [0.717, 1.165) is 32.1 Å². The molecule has 2 aliphatic rings. The van der Waals surface area contributed by atoms with Gasteiger partial charge in [0.1, 0.15) is 5.75 Å². The van der Waals surface area contributed by atoms with Crippen molar-refractivity contribution in [2.75, 3.05) is 32.7 Å². The first-order valence-electron chi connectivity index (χ1n) is 10.3. The molecule has 0 radical (unpaired) electrons. The van der Waals surface area contributed by atoms with Crippen molar-refractivity contribution in [3.05, 3.63) is 29.8 Å². The van der Waals surface area contributed by atoms with Crippen LogP contribution in [0.4, 0.5) is 0 Å². The zero-order chi connectivity index (χ0) is 17.7. The van der Waals surface area contributed by atoms with Crippen LogP contribution in [0, 0.1) is 11.8 Å². The molecule has 0 bridgehead atoms. The van der Waals surface area contributed by atoms with Gasteiger partial charge in [-0.3, -0.25) is 0 Å². The molecule has 2 atom stereocenters. The molecule has 3 nitrogen and oxygen atoms in total. The molecule has 1 aromatic carbocycles. The summed E-state index contributed by atoms with van der Waals surface area (Å²) >= 11 is 0. The van der Waals surface area contributed by atoms with Crippen molar-refractivity contribution in [1.29, 1.82) is 0 Å². The Kier molecular flexibility index (Phi) is 6.40. The highest BCUT2D eigenvalue weighted by atomic mass is 16.3. The fraction of sp³-hybridized carbons (Fsp3) is 0.727. The van der Waals surface area contributed by atoms with Gasteiger partial charge < -0.3 is 15.3 Å². The molecule has 0 spiro atoms. The Hall–Kier alpha value is -1.06. The van der Waals surface area contributed by atoms with E-state index in [9.17, 15) is 5.11 Å². The van der Waals surface area contributed by atoms with Crippen LogP contribution < -0.4 is 5.32 Å². The maximum absolute atomic E-state index is 9.83. The first kappa shape index (κ1) is 18.7. The smallest absolute Gasteiger partial charge is 0.115 e. The van der Waals surface area contributed by atoms with Crippen molar-refractivity contribution in [2.45, 2.75) is 57.8 Å². The van der Waals surface area contributed by atoms with Crippen molar-refractivity contribution in [2.24, 2.45) is 11.8 Å². The highest BCUT2D eigenvalue weighted by Gasteiger charge is 2.37. The lowest BCUT2D eigenvalue weighted by Crippen LogP contribution is -2.49. The van der Waals surface area contributed by atoms with Crippen molar-refractivity contribution in [3.63, 3.8) is 0 Å². The van der Waals surface area contributed by atoms with Crippen molar-refractivity contribution in [3.8, 4) is 5.75 Å². The van der Waals surface area contributed by atoms with Gasteiger partial charge in [0.2, 0.25) is 0 Å². The third kappa shape index (κ3) is 4.77. The quantitative estimate of drug-likeness (QED) is 0.761. The van der Waals surface area contributed by atoms with Gasteiger partial charge in [-0.15, -0.1) is 0 Å². The molecule has 0 aromatic heterocycles. The van der Waals surface area contributed by atoms with E-state index in [1.165, 1.54) is 50.6 Å². The zero-order valence-electron chi connectivity index (χ0n) is 16.1. The summed E-state index contributed by atoms with van der Waals surface area (Å²) in [5.41, 5.74) is 1.46. The molecule has 3 heteroatoms. The summed E-state index contributed by atoms with van der Waals surface area (Å²) in [4.78, 5) is 2.61. The summed E-state index contributed by atoms with van der Waals surface area (Å²) in [5, 5.41) is 13.5. The number of piperidine rings is 1. The van der Waals surface area contributed by atoms with E-state index in [1.807, 2.05) is 12.1 Å². The van der Waals surface area contributed by atoms with Gasteiger partial charge in [-0.1, -0.05) is 45.2 Å². The number of aromatic hydroxyl groups is 1. The number of nitrogens with one attached hydrogen (secondary N) is 1. The Morgan fingerprint density at radius 2 is 2.04 bits per heavy atom. The number of phenols is 1. The summed E-state index contributed by atoms with van der Waals surface area (Å²) in [6, 6.07) is 7.88. The summed E-state index contributed by atoms with van der Waals surface area (Å²) in [5.74, 6) is 1.91. The summed E-state index contributed by atoms with van der Waals surface area (Å²) < 4.78 is 0. The molecule has 25 heavy (non-hydrogen) atoms. The summed E-state index contributed by atoms with van der Waals surface area (Å²) in [6.45, 7) is 10.5. The first-order chi connectivity index (χ1) is 12.1. The van der Waals surface area contributed by atoms with E-state index in [0.29, 0.717) is 11.7 Å². The van der Waals surface area contributed by atoms with E-state index < -0.39 is 0 Å². The van der Waals surface area contributed by atoms with Gasteiger partial charge >= 0.3 is 0 Å². The van der Waals surface area contributed by atoms with Crippen molar-refractivity contribution in [1.82, 2.24) is 10.2 Å². The molecule has 1 saturated heterocycles. The fourth-order valence-corrected chi connectivity index (χ4v) is 4.74. The second-order valence-electron chi connectivity index (χ2n) is 8.63. The summed E-state index contributed by atoms with van der Waals surface area (Å²) in [7, 11) is 0. The van der Waals surface area contributed by atoms with Gasteiger partial charge in [0.15, 0.2) is 0 Å². The topological polar surface area (TPSA) is 35.5 Å².